The smallest absolute Gasteiger partial charge is 0.407 e. The fraction of sp³-hybridized carbons (Fsp3) is 0.348. The number of amides is 1. The van der Waals surface area contributed by atoms with Crippen LogP contribution in [-0.2, 0) is 10.3 Å². The summed E-state index contributed by atoms with van der Waals surface area (Å²) in [6.07, 6.45) is 0.844. The van der Waals surface area contributed by atoms with Crippen LogP contribution in [0.25, 0.3) is 16.9 Å². The van der Waals surface area contributed by atoms with Crippen LogP contribution >= 0.6 is 0 Å². The molecule has 4 rings (SSSR count). The molecule has 1 aromatic heterocycles. The van der Waals surface area contributed by atoms with Gasteiger partial charge in [0.2, 0.25) is 0 Å². The van der Waals surface area contributed by atoms with Gasteiger partial charge < -0.3 is 14.7 Å². The molecule has 0 spiro atoms. The zero-order valence-corrected chi connectivity index (χ0v) is 17.7. The van der Waals surface area contributed by atoms with E-state index in [4.69, 9.17) is 4.74 Å². The Morgan fingerprint density at radius 2 is 1.81 bits per heavy atom. The Morgan fingerprint density at radius 3 is 2.42 bits per heavy atom. The summed E-state index contributed by atoms with van der Waals surface area (Å²) in [5.41, 5.74) is 2.10. The Bertz CT molecular complexity index is 1070. The molecule has 7 nitrogen and oxygen atoms in total. The third-order valence-corrected chi connectivity index (χ3v) is 5.84. The molecule has 1 fully saturated rings. The molecular formula is C23H25FN4O3. The van der Waals surface area contributed by atoms with Gasteiger partial charge in [0.25, 0.3) is 0 Å². The Kier molecular flexibility index (Phi) is 5.26. The van der Waals surface area contributed by atoms with Crippen molar-refractivity contribution >= 4 is 6.09 Å². The van der Waals surface area contributed by atoms with Crippen LogP contribution in [0.15, 0.2) is 54.7 Å². The first-order valence-electron chi connectivity index (χ1n) is 10.1. The van der Waals surface area contributed by atoms with Gasteiger partial charge in [0.15, 0.2) is 0 Å². The molecule has 162 valence electrons. The normalized spacial score (nSPS) is 19.4. The lowest BCUT2D eigenvalue weighted by Crippen LogP contribution is -2.57. The molecule has 0 unspecified atom stereocenters. The fourth-order valence-corrected chi connectivity index (χ4v) is 3.97. The number of carboxylic acid groups (broad SMARTS) is 1. The van der Waals surface area contributed by atoms with Crippen molar-refractivity contribution in [3.8, 4) is 16.9 Å². The van der Waals surface area contributed by atoms with Crippen LogP contribution in [0.5, 0.6) is 0 Å². The van der Waals surface area contributed by atoms with Crippen molar-refractivity contribution in [2.75, 3.05) is 19.7 Å². The van der Waals surface area contributed by atoms with Crippen molar-refractivity contribution in [1.82, 2.24) is 19.9 Å². The second kappa shape index (κ2) is 7.77. The van der Waals surface area contributed by atoms with E-state index >= 15 is 0 Å². The van der Waals surface area contributed by atoms with Gasteiger partial charge in [-0.15, -0.1) is 5.10 Å². The maximum absolute atomic E-state index is 13.2. The van der Waals surface area contributed by atoms with Crippen LogP contribution in [0.1, 0.15) is 26.3 Å². The number of halogens is 1. The molecule has 1 N–H and O–H groups in total. The molecule has 2 aromatic carbocycles. The standard InChI is InChI=1S/C23H25FN4O3/c1-22(2,3)23(15-27(21(29)30)12-13-31-23)17-6-4-16(5-7-17)20-14-28(26-25-20)19-10-8-18(24)9-11-19/h4-11,14H,12-13,15H2,1-3H3,(H,29,30)/t23-/m1/s1. The highest BCUT2D eigenvalue weighted by Crippen LogP contribution is 2.45. The number of hydrogen-bond acceptors (Lipinski definition) is 4. The highest BCUT2D eigenvalue weighted by molar-refractivity contribution is 5.65. The number of nitrogens with zero attached hydrogens (tertiary/aromatic N) is 4. The van der Waals surface area contributed by atoms with E-state index in [1.165, 1.54) is 17.0 Å². The maximum Gasteiger partial charge on any atom is 0.407 e. The molecule has 1 aliphatic heterocycles. The second-order valence-electron chi connectivity index (χ2n) is 8.73. The lowest BCUT2D eigenvalue weighted by Gasteiger charge is -2.50. The first-order chi connectivity index (χ1) is 14.7. The van der Waals surface area contributed by atoms with E-state index in [0.29, 0.717) is 24.5 Å². The van der Waals surface area contributed by atoms with E-state index in [0.717, 1.165) is 11.1 Å². The zero-order valence-electron chi connectivity index (χ0n) is 17.7. The van der Waals surface area contributed by atoms with Crippen molar-refractivity contribution in [3.05, 3.63) is 66.1 Å². The molecule has 8 heteroatoms. The Morgan fingerprint density at radius 1 is 1.13 bits per heavy atom. The molecule has 0 saturated carbocycles. The molecule has 3 aromatic rings. The molecule has 31 heavy (non-hydrogen) atoms. The Labute approximate surface area is 180 Å². The van der Waals surface area contributed by atoms with Gasteiger partial charge in [0, 0.05) is 12.1 Å². The van der Waals surface area contributed by atoms with E-state index in [2.05, 4.69) is 31.1 Å². The summed E-state index contributed by atoms with van der Waals surface area (Å²) in [4.78, 5) is 13.0. The molecule has 1 aliphatic rings. The average molecular weight is 424 g/mol. The van der Waals surface area contributed by atoms with E-state index < -0.39 is 11.7 Å². The highest BCUT2D eigenvalue weighted by Gasteiger charge is 2.48. The number of rotatable bonds is 3. The van der Waals surface area contributed by atoms with Gasteiger partial charge in [-0.1, -0.05) is 50.3 Å². The predicted molar refractivity (Wildman–Crippen MR) is 113 cm³/mol. The molecule has 0 aliphatic carbocycles. The third-order valence-electron chi connectivity index (χ3n) is 5.84. The summed E-state index contributed by atoms with van der Waals surface area (Å²) in [5.74, 6) is -0.307. The van der Waals surface area contributed by atoms with E-state index in [1.54, 1.807) is 23.0 Å². The van der Waals surface area contributed by atoms with Crippen LogP contribution in [0.4, 0.5) is 9.18 Å². The number of benzene rings is 2. The molecule has 1 amide bonds. The quantitative estimate of drug-likeness (QED) is 0.677. The summed E-state index contributed by atoms with van der Waals surface area (Å²) in [5, 5.41) is 17.9. The van der Waals surface area contributed by atoms with E-state index in [9.17, 15) is 14.3 Å². The van der Waals surface area contributed by atoms with E-state index in [1.807, 2.05) is 24.3 Å². The lowest BCUT2D eigenvalue weighted by molar-refractivity contribution is -0.166. The number of hydrogen-bond donors (Lipinski definition) is 1. The monoisotopic (exact) mass is 424 g/mol. The first-order valence-corrected chi connectivity index (χ1v) is 10.1. The van der Waals surface area contributed by atoms with Crippen LogP contribution < -0.4 is 0 Å². The molecule has 2 heterocycles. The average Bonchev–Trinajstić information content (AvgIpc) is 3.24. The van der Waals surface area contributed by atoms with Gasteiger partial charge >= 0.3 is 6.09 Å². The van der Waals surface area contributed by atoms with E-state index in [-0.39, 0.29) is 17.8 Å². The van der Waals surface area contributed by atoms with Gasteiger partial charge in [-0.25, -0.2) is 13.9 Å². The number of carbonyl (C=O) groups is 1. The van der Waals surface area contributed by atoms with Crippen molar-refractivity contribution < 1.29 is 19.0 Å². The second-order valence-corrected chi connectivity index (χ2v) is 8.73. The van der Waals surface area contributed by atoms with Crippen molar-refractivity contribution in [2.45, 2.75) is 26.4 Å². The van der Waals surface area contributed by atoms with Crippen molar-refractivity contribution in [3.63, 3.8) is 0 Å². The lowest BCUT2D eigenvalue weighted by atomic mass is 9.71. The maximum atomic E-state index is 13.2. The minimum atomic E-state index is -0.939. The molecule has 1 saturated heterocycles. The fourth-order valence-electron chi connectivity index (χ4n) is 3.97. The van der Waals surface area contributed by atoms with Gasteiger partial charge in [-0.3, -0.25) is 0 Å². The van der Waals surface area contributed by atoms with Crippen LogP contribution in [0.3, 0.4) is 0 Å². The SMILES string of the molecule is CC(C)(C)[C@]1(c2ccc(-c3cn(-c4ccc(F)cc4)nn3)cc2)CN(C(=O)O)CCO1. The van der Waals surface area contributed by atoms with Gasteiger partial charge in [-0.05, 0) is 35.2 Å². The number of aromatic nitrogens is 3. The summed E-state index contributed by atoms with van der Waals surface area (Å²) in [6, 6.07) is 13.8. The molecule has 1 atom stereocenters. The molecule has 0 bridgehead atoms. The van der Waals surface area contributed by atoms with Crippen molar-refractivity contribution in [2.24, 2.45) is 5.41 Å². The number of ether oxygens (including phenoxy) is 1. The largest absolute Gasteiger partial charge is 0.465 e. The predicted octanol–water partition coefficient (Wildman–Crippen LogP) is 4.33. The van der Waals surface area contributed by atoms with Gasteiger partial charge in [0.1, 0.15) is 17.1 Å². The minimum absolute atomic E-state index is 0.270. The number of morpholine rings is 1. The highest BCUT2D eigenvalue weighted by atomic mass is 19.1. The topological polar surface area (TPSA) is 80.5 Å². The van der Waals surface area contributed by atoms with Gasteiger partial charge in [-0.2, -0.15) is 0 Å². The first kappa shape index (κ1) is 21.0. The molecular weight excluding hydrogens is 399 g/mol. The zero-order chi connectivity index (χ0) is 22.2. The molecule has 0 radical (unpaired) electrons. The van der Waals surface area contributed by atoms with Crippen LogP contribution in [-0.4, -0.2) is 50.8 Å². The Balaban J connectivity index is 1.64. The van der Waals surface area contributed by atoms with Crippen LogP contribution in [0.2, 0.25) is 0 Å². The third kappa shape index (κ3) is 3.90. The summed E-state index contributed by atoms with van der Waals surface area (Å²) < 4.78 is 21.0. The van der Waals surface area contributed by atoms with Crippen LogP contribution in [0, 0.1) is 11.2 Å². The summed E-state index contributed by atoms with van der Waals surface area (Å²) in [6.45, 7) is 7.14. The van der Waals surface area contributed by atoms with Crippen molar-refractivity contribution in [1.29, 1.82) is 0 Å². The summed E-state index contributed by atoms with van der Waals surface area (Å²) in [7, 11) is 0. The summed E-state index contributed by atoms with van der Waals surface area (Å²) >= 11 is 0. The Hall–Kier alpha value is -3.26. The van der Waals surface area contributed by atoms with Gasteiger partial charge in [0.05, 0.1) is 25.0 Å². The minimum Gasteiger partial charge on any atom is -0.465 e.